The molecule has 0 bridgehead atoms. The summed E-state index contributed by atoms with van der Waals surface area (Å²) >= 11 is 5.33. The van der Waals surface area contributed by atoms with Crippen LogP contribution >= 0.6 is 12.2 Å². The van der Waals surface area contributed by atoms with Crippen LogP contribution in [0.2, 0.25) is 0 Å². The normalized spacial score (nSPS) is 11.5. The van der Waals surface area contributed by atoms with E-state index in [1.807, 2.05) is 43.3 Å². The number of amides is 2. The Kier molecular flexibility index (Phi) is 8.33. The van der Waals surface area contributed by atoms with E-state index < -0.39 is 0 Å². The number of hydrogen-bond donors (Lipinski definition) is 3. The van der Waals surface area contributed by atoms with Gasteiger partial charge in [0.1, 0.15) is 0 Å². The average Bonchev–Trinajstić information content (AvgIpc) is 2.79. The van der Waals surface area contributed by atoms with Crippen LogP contribution in [0, 0.1) is 5.92 Å². The van der Waals surface area contributed by atoms with Gasteiger partial charge in [-0.3, -0.25) is 9.59 Å². The standard InChI is InChI=1S/C27H29N3O2S/c1-18(2)16-20-12-14-21(15-13-20)19(3)25(31)30-27(33)29-24-11-7-10-23(17-24)28-26(32)22-8-5-4-6-9-22/h4-15,17-19H,16H2,1-3H3,(H,28,32)(H2,29,30,31,33). The molecule has 0 aromatic heterocycles. The molecule has 6 heteroatoms. The minimum Gasteiger partial charge on any atom is -0.332 e. The highest BCUT2D eigenvalue weighted by molar-refractivity contribution is 7.80. The number of carbonyl (C=O) groups excluding carboxylic acids is 2. The Bertz CT molecular complexity index is 1110. The Balaban J connectivity index is 1.56. The van der Waals surface area contributed by atoms with E-state index in [1.165, 1.54) is 5.56 Å². The highest BCUT2D eigenvalue weighted by Gasteiger charge is 2.16. The van der Waals surface area contributed by atoms with Crippen LogP contribution in [0.25, 0.3) is 0 Å². The predicted molar refractivity (Wildman–Crippen MR) is 139 cm³/mol. The smallest absolute Gasteiger partial charge is 0.255 e. The first kappa shape index (κ1) is 24.1. The van der Waals surface area contributed by atoms with E-state index >= 15 is 0 Å². The molecule has 0 aliphatic rings. The minimum atomic E-state index is -0.339. The van der Waals surface area contributed by atoms with Crippen molar-refractivity contribution in [3.8, 4) is 0 Å². The van der Waals surface area contributed by atoms with Crippen molar-refractivity contribution in [1.82, 2.24) is 5.32 Å². The van der Waals surface area contributed by atoms with Gasteiger partial charge in [0.2, 0.25) is 5.91 Å². The molecule has 0 heterocycles. The van der Waals surface area contributed by atoms with Gasteiger partial charge in [-0.1, -0.05) is 62.4 Å². The highest BCUT2D eigenvalue weighted by Crippen LogP contribution is 2.19. The molecule has 0 aliphatic carbocycles. The fraction of sp³-hybridized carbons (Fsp3) is 0.222. The third-order valence-corrected chi connectivity index (χ3v) is 5.37. The Labute approximate surface area is 200 Å². The summed E-state index contributed by atoms with van der Waals surface area (Å²) in [6.45, 7) is 6.23. The molecular weight excluding hydrogens is 430 g/mol. The molecule has 3 aromatic rings. The summed E-state index contributed by atoms with van der Waals surface area (Å²) < 4.78 is 0. The summed E-state index contributed by atoms with van der Waals surface area (Å²) in [4.78, 5) is 25.0. The average molecular weight is 460 g/mol. The van der Waals surface area contributed by atoms with Crippen molar-refractivity contribution >= 4 is 40.5 Å². The summed E-state index contributed by atoms with van der Waals surface area (Å²) in [5, 5.41) is 8.83. The first-order chi connectivity index (χ1) is 15.8. The molecule has 0 spiro atoms. The molecule has 0 saturated heterocycles. The maximum absolute atomic E-state index is 12.7. The monoisotopic (exact) mass is 459 g/mol. The topological polar surface area (TPSA) is 70.2 Å². The van der Waals surface area contributed by atoms with Crippen LogP contribution in [0.3, 0.4) is 0 Å². The number of carbonyl (C=O) groups is 2. The molecule has 3 rings (SSSR count). The molecule has 1 unspecified atom stereocenters. The maximum Gasteiger partial charge on any atom is 0.255 e. The van der Waals surface area contributed by atoms with Crippen molar-refractivity contribution in [3.05, 3.63) is 95.6 Å². The third kappa shape index (κ3) is 7.26. The largest absolute Gasteiger partial charge is 0.332 e. The number of benzene rings is 3. The molecule has 0 radical (unpaired) electrons. The first-order valence-corrected chi connectivity index (χ1v) is 11.4. The van der Waals surface area contributed by atoms with Gasteiger partial charge in [0, 0.05) is 16.9 Å². The summed E-state index contributed by atoms with van der Waals surface area (Å²) in [7, 11) is 0. The Hall–Kier alpha value is -3.51. The quantitative estimate of drug-likeness (QED) is 0.393. The van der Waals surface area contributed by atoms with Gasteiger partial charge >= 0.3 is 0 Å². The number of rotatable bonds is 7. The van der Waals surface area contributed by atoms with Crippen molar-refractivity contribution in [2.45, 2.75) is 33.1 Å². The van der Waals surface area contributed by atoms with Crippen LogP contribution in [-0.2, 0) is 11.2 Å². The van der Waals surface area contributed by atoms with Gasteiger partial charge in [0.25, 0.3) is 5.91 Å². The van der Waals surface area contributed by atoms with Crippen molar-refractivity contribution in [3.63, 3.8) is 0 Å². The van der Waals surface area contributed by atoms with Gasteiger partial charge in [-0.25, -0.2) is 0 Å². The Morgan fingerprint density at radius 2 is 1.45 bits per heavy atom. The van der Waals surface area contributed by atoms with Crippen molar-refractivity contribution in [2.75, 3.05) is 10.6 Å². The van der Waals surface area contributed by atoms with E-state index in [2.05, 4.69) is 41.9 Å². The van der Waals surface area contributed by atoms with E-state index in [1.54, 1.807) is 30.3 Å². The molecule has 5 nitrogen and oxygen atoms in total. The summed E-state index contributed by atoms with van der Waals surface area (Å²) in [5.74, 6) is -0.131. The number of thiocarbonyl (C=S) groups is 1. The predicted octanol–water partition coefficient (Wildman–Crippen LogP) is 5.75. The van der Waals surface area contributed by atoms with Crippen LogP contribution in [0.15, 0.2) is 78.9 Å². The maximum atomic E-state index is 12.7. The van der Waals surface area contributed by atoms with E-state index in [4.69, 9.17) is 12.2 Å². The van der Waals surface area contributed by atoms with Crippen LogP contribution < -0.4 is 16.0 Å². The molecule has 0 fully saturated rings. The van der Waals surface area contributed by atoms with E-state index in [-0.39, 0.29) is 22.8 Å². The molecule has 0 saturated carbocycles. The van der Waals surface area contributed by atoms with Crippen LogP contribution in [-0.4, -0.2) is 16.9 Å². The molecule has 2 amide bonds. The van der Waals surface area contributed by atoms with Gasteiger partial charge in [-0.15, -0.1) is 0 Å². The summed E-state index contributed by atoms with van der Waals surface area (Å²) in [5.41, 5.74) is 4.06. The molecule has 33 heavy (non-hydrogen) atoms. The zero-order valence-electron chi connectivity index (χ0n) is 19.1. The molecule has 0 aliphatic heterocycles. The highest BCUT2D eigenvalue weighted by atomic mass is 32.1. The minimum absolute atomic E-state index is 0.183. The van der Waals surface area contributed by atoms with Crippen molar-refractivity contribution in [1.29, 1.82) is 0 Å². The Morgan fingerprint density at radius 3 is 2.09 bits per heavy atom. The molecule has 3 aromatic carbocycles. The lowest BCUT2D eigenvalue weighted by Gasteiger charge is -2.15. The van der Waals surface area contributed by atoms with Crippen molar-refractivity contribution < 1.29 is 9.59 Å². The van der Waals surface area contributed by atoms with E-state index in [9.17, 15) is 9.59 Å². The Morgan fingerprint density at radius 1 is 0.818 bits per heavy atom. The lowest BCUT2D eigenvalue weighted by molar-refractivity contribution is -0.120. The summed E-state index contributed by atoms with van der Waals surface area (Å²) in [6, 6.07) is 24.3. The van der Waals surface area contributed by atoms with E-state index in [0.717, 1.165) is 12.0 Å². The first-order valence-electron chi connectivity index (χ1n) is 11.0. The van der Waals surface area contributed by atoms with Crippen molar-refractivity contribution in [2.24, 2.45) is 5.92 Å². The number of anilines is 2. The van der Waals surface area contributed by atoms with Crippen LogP contribution in [0.1, 0.15) is 48.2 Å². The lowest BCUT2D eigenvalue weighted by atomic mass is 9.96. The fourth-order valence-electron chi connectivity index (χ4n) is 3.42. The summed E-state index contributed by atoms with van der Waals surface area (Å²) in [6.07, 6.45) is 1.01. The lowest BCUT2D eigenvalue weighted by Crippen LogP contribution is -2.36. The molecule has 170 valence electrons. The second-order valence-corrected chi connectivity index (χ2v) is 8.81. The van der Waals surface area contributed by atoms with E-state index in [0.29, 0.717) is 22.9 Å². The molecule has 1 atom stereocenters. The second-order valence-electron chi connectivity index (χ2n) is 8.41. The zero-order chi connectivity index (χ0) is 23.8. The van der Waals surface area contributed by atoms with Crippen LogP contribution in [0.5, 0.6) is 0 Å². The number of nitrogens with one attached hydrogen (secondary N) is 3. The van der Waals surface area contributed by atoms with Gasteiger partial charge < -0.3 is 16.0 Å². The van der Waals surface area contributed by atoms with Gasteiger partial charge in [0.05, 0.1) is 5.92 Å². The van der Waals surface area contributed by atoms with Gasteiger partial charge in [-0.05, 0) is 72.9 Å². The SMILES string of the molecule is CC(C)Cc1ccc(C(C)C(=O)NC(=S)Nc2cccc(NC(=O)c3ccccc3)c2)cc1. The molecule has 3 N–H and O–H groups in total. The fourth-order valence-corrected chi connectivity index (χ4v) is 3.63. The van der Waals surface area contributed by atoms with Crippen LogP contribution in [0.4, 0.5) is 11.4 Å². The second kappa shape index (κ2) is 11.4. The molecular formula is C27H29N3O2S. The van der Waals surface area contributed by atoms with Gasteiger partial charge in [-0.2, -0.15) is 0 Å². The number of hydrogen-bond acceptors (Lipinski definition) is 3. The zero-order valence-corrected chi connectivity index (χ0v) is 19.9. The third-order valence-electron chi connectivity index (χ3n) is 5.17. The van der Waals surface area contributed by atoms with Gasteiger partial charge in [0.15, 0.2) is 5.11 Å².